The maximum atomic E-state index is 13.2. The van der Waals surface area contributed by atoms with Gasteiger partial charge in [0.15, 0.2) is 0 Å². The van der Waals surface area contributed by atoms with E-state index in [1.54, 1.807) is 0 Å². The first kappa shape index (κ1) is 25.2. The van der Waals surface area contributed by atoms with E-state index >= 15 is 0 Å². The van der Waals surface area contributed by atoms with E-state index in [9.17, 15) is 4.79 Å². The topological polar surface area (TPSA) is 34.6 Å². The summed E-state index contributed by atoms with van der Waals surface area (Å²) in [5.74, 6) is 0. The molecule has 0 atom stereocenters. The Morgan fingerprint density at radius 3 is 1.72 bits per heavy atom. The SMILES string of the molecule is O=c1c2ccccc2oc2ccc(-c3ccc(-c4cccc(-c5ccc6c7cccc8c9ccccc9n(c6c5)c87)c4)cc3)cc12. The van der Waals surface area contributed by atoms with Crippen LogP contribution < -0.4 is 5.43 Å². The van der Waals surface area contributed by atoms with Crippen LogP contribution in [0, 0.1) is 0 Å². The summed E-state index contributed by atoms with van der Waals surface area (Å²) in [5.41, 5.74) is 11.7. The predicted octanol–water partition coefficient (Wildman–Crippen LogP) is 11.1. The molecule has 0 aliphatic heterocycles. The van der Waals surface area contributed by atoms with Gasteiger partial charge in [0.25, 0.3) is 0 Å². The molecule has 0 spiro atoms. The lowest BCUT2D eigenvalue weighted by Gasteiger charge is -2.09. The van der Waals surface area contributed by atoms with Crippen molar-refractivity contribution in [3.63, 3.8) is 0 Å². The van der Waals surface area contributed by atoms with Gasteiger partial charge in [0, 0.05) is 21.5 Å². The highest BCUT2D eigenvalue weighted by Crippen LogP contribution is 2.40. The molecule has 7 aromatic carbocycles. The first-order chi connectivity index (χ1) is 22.7. The van der Waals surface area contributed by atoms with Gasteiger partial charge in [-0.15, -0.1) is 0 Å². The van der Waals surface area contributed by atoms with Gasteiger partial charge < -0.3 is 8.82 Å². The molecule has 3 nitrogen and oxygen atoms in total. The minimum Gasteiger partial charge on any atom is -0.456 e. The molecular weight excluding hydrogens is 562 g/mol. The molecule has 0 bridgehead atoms. The summed E-state index contributed by atoms with van der Waals surface area (Å²) in [7, 11) is 0. The van der Waals surface area contributed by atoms with Gasteiger partial charge in [0.1, 0.15) is 11.2 Å². The minimum atomic E-state index is -0.00282. The molecule has 0 saturated heterocycles. The Labute approximate surface area is 263 Å². The molecule has 0 radical (unpaired) electrons. The summed E-state index contributed by atoms with van der Waals surface area (Å²) in [6.45, 7) is 0. The van der Waals surface area contributed by atoms with Gasteiger partial charge in [-0.25, -0.2) is 0 Å². The van der Waals surface area contributed by atoms with Crippen LogP contribution in [-0.2, 0) is 0 Å². The molecule has 0 fully saturated rings. The van der Waals surface area contributed by atoms with Crippen LogP contribution in [0.3, 0.4) is 0 Å². The number of aromatic nitrogens is 1. The lowest BCUT2D eigenvalue weighted by atomic mass is 9.96. The van der Waals surface area contributed by atoms with Gasteiger partial charge in [-0.2, -0.15) is 0 Å². The van der Waals surface area contributed by atoms with Crippen molar-refractivity contribution in [2.75, 3.05) is 0 Å². The molecule has 10 aromatic rings. The van der Waals surface area contributed by atoms with Crippen molar-refractivity contribution in [2.45, 2.75) is 0 Å². The molecule has 0 aliphatic carbocycles. The van der Waals surface area contributed by atoms with Crippen molar-refractivity contribution in [3.8, 4) is 33.4 Å². The van der Waals surface area contributed by atoms with E-state index in [1.807, 2.05) is 42.5 Å². The summed E-state index contributed by atoms with van der Waals surface area (Å²) in [5, 5.41) is 6.37. The zero-order chi connectivity index (χ0) is 30.4. The number of benzene rings is 7. The van der Waals surface area contributed by atoms with Gasteiger partial charge in [-0.1, -0.05) is 109 Å². The molecule has 0 amide bonds. The fraction of sp³-hybridized carbons (Fsp3) is 0. The van der Waals surface area contributed by atoms with Gasteiger partial charge in [-0.05, 0) is 75.8 Å². The summed E-state index contributed by atoms with van der Waals surface area (Å²) < 4.78 is 8.44. The molecule has 3 aromatic heterocycles. The maximum Gasteiger partial charge on any atom is 0.200 e. The van der Waals surface area contributed by atoms with E-state index in [-0.39, 0.29) is 5.43 Å². The van der Waals surface area contributed by atoms with Gasteiger partial charge in [-0.3, -0.25) is 4.79 Å². The van der Waals surface area contributed by atoms with Gasteiger partial charge in [0.05, 0.1) is 27.3 Å². The minimum absolute atomic E-state index is 0.00282. The maximum absolute atomic E-state index is 13.2. The fourth-order valence-electron chi connectivity index (χ4n) is 7.33. The van der Waals surface area contributed by atoms with Crippen LogP contribution in [0.2, 0.25) is 0 Å². The molecule has 0 unspecified atom stereocenters. The Kier molecular flexibility index (Phi) is 5.15. The van der Waals surface area contributed by atoms with Crippen molar-refractivity contribution < 1.29 is 4.42 Å². The van der Waals surface area contributed by atoms with E-state index in [0.29, 0.717) is 21.9 Å². The van der Waals surface area contributed by atoms with Crippen LogP contribution in [0.25, 0.3) is 93.4 Å². The number of rotatable bonds is 3. The lowest BCUT2D eigenvalue weighted by molar-refractivity contribution is 0.660. The van der Waals surface area contributed by atoms with Crippen molar-refractivity contribution in [3.05, 3.63) is 162 Å². The predicted molar refractivity (Wildman–Crippen MR) is 191 cm³/mol. The lowest BCUT2D eigenvalue weighted by Crippen LogP contribution is -2.01. The second-order valence-corrected chi connectivity index (χ2v) is 12.1. The molecule has 0 saturated carbocycles. The molecule has 214 valence electrons. The number of fused-ring (bicyclic) bond motifs is 8. The number of para-hydroxylation sites is 3. The third kappa shape index (κ3) is 3.57. The van der Waals surface area contributed by atoms with Crippen LogP contribution in [0.5, 0.6) is 0 Å². The van der Waals surface area contributed by atoms with Crippen LogP contribution >= 0.6 is 0 Å². The molecule has 10 rings (SSSR count). The van der Waals surface area contributed by atoms with Crippen LogP contribution in [-0.4, -0.2) is 4.40 Å². The van der Waals surface area contributed by atoms with Gasteiger partial charge >= 0.3 is 0 Å². The molecule has 0 N–H and O–H groups in total. The largest absolute Gasteiger partial charge is 0.456 e. The zero-order valence-corrected chi connectivity index (χ0v) is 24.7. The van der Waals surface area contributed by atoms with Crippen LogP contribution in [0.15, 0.2) is 161 Å². The average molecular weight is 588 g/mol. The van der Waals surface area contributed by atoms with E-state index in [1.165, 1.54) is 49.2 Å². The van der Waals surface area contributed by atoms with Gasteiger partial charge in [0.2, 0.25) is 5.43 Å². The zero-order valence-electron chi connectivity index (χ0n) is 24.7. The third-order valence-corrected chi connectivity index (χ3v) is 9.55. The summed E-state index contributed by atoms with van der Waals surface area (Å²) in [6, 6.07) is 52.8. The average Bonchev–Trinajstić information content (AvgIpc) is 3.64. The highest BCUT2D eigenvalue weighted by atomic mass is 16.3. The molecular formula is C43H25NO2. The Morgan fingerprint density at radius 1 is 0.370 bits per heavy atom. The molecule has 3 heteroatoms. The molecule has 3 heterocycles. The third-order valence-electron chi connectivity index (χ3n) is 9.55. The first-order valence-electron chi connectivity index (χ1n) is 15.6. The normalized spacial score (nSPS) is 12.0. The standard InChI is InChI=1S/C43H25NO2/c45-43-36-10-2-4-14-40(36)46-41-22-20-30(24-37(41)43)27-17-15-26(16-18-27)28-7-5-8-29(23-28)31-19-21-33-35-12-6-11-34-32-9-1-3-13-38(32)44(42(34)35)39(33)25-31/h1-25H. The van der Waals surface area contributed by atoms with Crippen LogP contribution in [0.1, 0.15) is 0 Å². The van der Waals surface area contributed by atoms with E-state index in [2.05, 4.69) is 114 Å². The van der Waals surface area contributed by atoms with Crippen molar-refractivity contribution in [2.24, 2.45) is 0 Å². The number of nitrogens with zero attached hydrogens (tertiary/aromatic N) is 1. The van der Waals surface area contributed by atoms with E-state index < -0.39 is 0 Å². The fourth-order valence-corrected chi connectivity index (χ4v) is 7.33. The highest BCUT2D eigenvalue weighted by molar-refractivity contribution is 6.23. The van der Waals surface area contributed by atoms with Crippen molar-refractivity contribution in [1.82, 2.24) is 4.40 Å². The molecule has 0 aliphatic rings. The number of hydrogen-bond donors (Lipinski definition) is 0. The van der Waals surface area contributed by atoms with E-state index in [4.69, 9.17) is 4.42 Å². The van der Waals surface area contributed by atoms with Crippen molar-refractivity contribution in [1.29, 1.82) is 0 Å². The van der Waals surface area contributed by atoms with Crippen molar-refractivity contribution >= 4 is 60.0 Å². The Hall–Kier alpha value is -6.19. The second kappa shape index (κ2) is 9.40. The van der Waals surface area contributed by atoms with Crippen LogP contribution in [0.4, 0.5) is 0 Å². The smallest absolute Gasteiger partial charge is 0.200 e. The monoisotopic (exact) mass is 587 g/mol. The number of hydrogen-bond acceptors (Lipinski definition) is 2. The Bertz CT molecular complexity index is 2870. The quantitative estimate of drug-likeness (QED) is 0.193. The summed E-state index contributed by atoms with van der Waals surface area (Å²) >= 11 is 0. The van der Waals surface area contributed by atoms with E-state index in [0.717, 1.165) is 22.3 Å². The first-order valence-corrected chi connectivity index (χ1v) is 15.6. The Morgan fingerprint density at radius 2 is 0.913 bits per heavy atom. The molecule has 46 heavy (non-hydrogen) atoms. The highest BCUT2D eigenvalue weighted by Gasteiger charge is 2.17. The Balaban J connectivity index is 1.04. The summed E-state index contributed by atoms with van der Waals surface area (Å²) in [4.78, 5) is 13.2. The summed E-state index contributed by atoms with van der Waals surface area (Å²) in [6.07, 6.45) is 0. The second-order valence-electron chi connectivity index (χ2n) is 12.1.